The van der Waals surface area contributed by atoms with Crippen LogP contribution in [-0.2, 0) is 16.0 Å². The van der Waals surface area contributed by atoms with Crippen molar-refractivity contribution in [2.24, 2.45) is 5.41 Å². The van der Waals surface area contributed by atoms with Crippen molar-refractivity contribution in [3.63, 3.8) is 0 Å². The number of amides is 1. The van der Waals surface area contributed by atoms with Gasteiger partial charge in [0.05, 0.1) is 18.3 Å². The average Bonchev–Trinajstić information content (AvgIpc) is 3.15. The molecule has 0 radical (unpaired) electrons. The quantitative estimate of drug-likeness (QED) is 0.665. The zero-order valence-electron chi connectivity index (χ0n) is 16.8. The molecule has 150 valence electrons. The van der Waals surface area contributed by atoms with Crippen LogP contribution < -0.4 is 0 Å². The van der Waals surface area contributed by atoms with E-state index < -0.39 is 5.41 Å². The number of piperidine rings is 1. The van der Waals surface area contributed by atoms with E-state index in [0.717, 1.165) is 24.8 Å². The first-order valence-corrected chi connectivity index (χ1v) is 10.1. The van der Waals surface area contributed by atoms with Gasteiger partial charge < -0.3 is 14.1 Å². The van der Waals surface area contributed by atoms with Crippen molar-refractivity contribution in [3.8, 4) is 0 Å². The largest absolute Gasteiger partial charge is 0.466 e. The van der Waals surface area contributed by atoms with E-state index >= 15 is 0 Å². The lowest BCUT2D eigenvalue weighted by atomic mass is 9.74. The monoisotopic (exact) mass is 383 g/mol. The van der Waals surface area contributed by atoms with E-state index in [2.05, 4.69) is 12.1 Å². The first kappa shape index (κ1) is 20.2. The molecule has 1 aromatic carbocycles. The molecule has 1 saturated heterocycles. The van der Waals surface area contributed by atoms with Crippen molar-refractivity contribution in [3.05, 3.63) is 59.5 Å². The highest BCUT2D eigenvalue weighted by atomic mass is 16.5. The molecule has 0 atom stereocenters. The Kier molecular flexibility index (Phi) is 6.55. The SMILES string of the molecule is CCOC(=O)C1(CCCc2ccccc2)CCN(C(=O)c2occc2C)CC1. The molecular weight excluding hydrogens is 354 g/mol. The van der Waals surface area contributed by atoms with E-state index in [9.17, 15) is 9.59 Å². The fraction of sp³-hybridized carbons (Fsp3) is 0.478. The zero-order chi connectivity index (χ0) is 20.0. The van der Waals surface area contributed by atoms with Crippen molar-refractivity contribution in [1.29, 1.82) is 0 Å². The van der Waals surface area contributed by atoms with Gasteiger partial charge in [-0.05, 0) is 57.6 Å². The summed E-state index contributed by atoms with van der Waals surface area (Å²) < 4.78 is 10.8. The van der Waals surface area contributed by atoms with Gasteiger partial charge in [-0.2, -0.15) is 0 Å². The smallest absolute Gasteiger partial charge is 0.312 e. The van der Waals surface area contributed by atoms with Crippen LogP contribution in [0, 0.1) is 12.3 Å². The van der Waals surface area contributed by atoms with Crippen molar-refractivity contribution in [1.82, 2.24) is 4.90 Å². The summed E-state index contributed by atoms with van der Waals surface area (Å²) in [4.78, 5) is 27.3. The molecule has 5 heteroatoms. The van der Waals surface area contributed by atoms with Gasteiger partial charge in [-0.1, -0.05) is 30.3 Å². The predicted octanol–water partition coefficient (Wildman–Crippen LogP) is 4.40. The van der Waals surface area contributed by atoms with Crippen molar-refractivity contribution in [2.75, 3.05) is 19.7 Å². The highest BCUT2D eigenvalue weighted by Gasteiger charge is 2.43. The first-order valence-electron chi connectivity index (χ1n) is 10.1. The number of furan rings is 1. The van der Waals surface area contributed by atoms with Crippen LogP contribution in [0.5, 0.6) is 0 Å². The number of esters is 1. The Bertz CT molecular complexity index is 788. The summed E-state index contributed by atoms with van der Waals surface area (Å²) in [5, 5.41) is 0. The second-order valence-electron chi connectivity index (χ2n) is 7.56. The van der Waals surface area contributed by atoms with E-state index in [1.54, 1.807) is 17.2 Å². The second-order valence-corrected chi connectivity index (χ2v) is 7.56. The number of aryl methyl sites for hydroxylation is 2. The third-order valence-corrected chi connectivity index (χ3v) is 5.74. The van der Waals surface area contributed by atoms with E-state index in [1.807, 2.05) is 32.0 Å². The number of ether oxygens (including phenoxy) is 1. The Morgan fingerprint density at radius 3 is 2.46 bits per heavy atom. The van der Waals surface area contributed by atoms with Crippen LogP contribution in [-0.4, -0.2) is 36.5 Å². The highest BCUT2D eigenvalue weighted by molar-refractivity contribution is 5.93. The van der Waals surface area contributed by atoms with Gasteiger partial charge in [0.1, 0.15) is 0 Å². The van der Waals surface area contributed by atoms with Gasteiger partial charge in [0.2, 0.25) is 0 Å². The third kappa shape index (κ3) is 4.46. The van der Waals surface area contributed by atoms with Crippen LogP contribution in [0.3, 0.4) is 0 Å². The lowest BCUT2D eigenvalue weighted by Gasteiger charge is -2.39. The summed E-state index contributed by atoms with van der Waals surface area (Å²) in [7, 11) is 0. The van der Waals surface area contributed by atoms with Crippen molar-refractivity contribution < 1.29 is 18.7 Å². The number of hydrogen-bond acceptors (Lipinski definition) is 4. The molecule has 5 nitrogen and oxygen atoms in total. The van der Waals surface area contributed by atoms with Crippen LogP contribution in [0.25, 0.3) is 0 Å². The molecule has 0 bridgehead atoms. The molecule has 3 rings (SSSR count). The molecular formula is C23H29NO4. The molecule has 1 aromatic heterocycles. The van der Waals surface area contributed by atoms with Crippen molar-refractivity contribution >= 4 is 11.9 Å². The maximum atomic E-state index is 12.8. The third-order valence-electron chi connectivity index (χ3n) is 5.74. The Morgan fingerprint density at radius 1 is 1.14 bits per heavy atom. The Balaban J connectivity index is 1.64. The van der Waals surface area contributed by atoms with Crippen LogP contribution in [0.15, 0.2) is 47.1 Å². The molecule has 0 N–H and O–H groups in total. The van der Waals surface area contributed by atoms with Gasteiger partial charge in [0.25, 0.3) is 5.91 Å². The van der Waals surface area contributed by atoms with Crippen LogP contribution in [0.4, 0.5) is 0 Å². The van der Waals surface area contributed by atoms with Crippen LogP contribution in [0.1, 0.15) is 54.3 Å². The summed E-state index contributed by atoms with van der Waals surface area (Å²) in [6.45, 7) is 5.18. The van der Waals surface area contributed by atoms with E-state index in [4.69, 9.17) is 9.15 Å². The second kappa shape index (κ2) is 9.09. The normalized spacial score (nSPS) is 16.0. The van der Waals surface area contributed by atoms with Gasteiger partial charge in [-0.15, -0.1) is 0 Å². The first-order chi connectivity index (χ1) is 13.6. The molecule has 1 aliphatic heterocycles. The molecule has 1 aliphatic rings. The van der Waals surface area contributed by atoms with Gasteiger partial charge in [0, 0.05) is 18.7 Å². The van der Waals surface area contributed by atoms with Crippen molar-refractivity contribution in [2.45, 2.75) is 46.0 Å². The summed E-state index contributed by atoms with van der Waals surface area (Å²) >= 11 is 0. The maximum absolute atomic E-state index is 12.8. The molecule has 0 saturated carbocycles. The average molecular weight is 383 g/mol. The van der Waals surface area contributed by atoms with E-state index in [0.29, 0.717) is 38.3 Å². The molecule has 2 aromatic rings. The van der Waals surface area contributed by atoms with Gasteiger partial charge in [0.15, 0.2) is 5.76 Å². The number of likely N-dealkylation sites (tertiary alicyclic amines) is 1. The molecule has 0 unspecified atom stereocenters. The minimum atomic E-state index is -0.500. The zero-order valence-corrected chi connectivity index (χ0v) is 16.8. The number of nitrogens with zero attached hydrogens (tertiary/aromatic N) is 1. The maximum Gasteiger partial charge on any atom is 0.312 e. The number of rotatable bonds is 7. The molecule has 0 aliphatic carbocycles. The fourth-order valence-electron chi connectivity index (χ4n) is 3.99. The molecule has 1 fully saturated rings. The minimum Gasteiger partial charge on any atom is -0.466 e. The summed E-state index contributed by atoms with van der Waals surface area (Å²) in [5.74, 6) is 0.182. The molecule has 0 spiro atoms. The van der Waals surface area contributed by atoms with Gasteiger partial charge in [-0.25, -0.2) is 0 Å². The number of carbonyl (C=O) groups excluding carboxylic acids is 2. The molecule has 28 heavy (non-hydrogen) atoms. The number of benzene rings is 1. The summed E-state index contributed by atoms with van der Waals surface area (Å²) in [6.07, 6.45) is 5.45. The Morgan fingerprint density at radius 2 is 1.86 bits per heavy atom. The highest BCUT2D eigenvalue weighted by Crippen LogP contribution is 2.38. The summed E-state index contributed by atoms with van der Waals surface area (Å²) in [6, 6.07) is 12.1. The van der Waals surface area contributed by atoms with Crippen LogP contribution in [0.2, 0.25) is 0 Å². The lowest BCUT2D eigenvalue weighted by Crippen LogP contribution is -2.47. The Hall–Kier alpha value is -2.56. The van der Waals surface area contributed by atoms with Gasteiger partial charge >= 0.3 is 5.97 Å². The van der Waals surface area contributed by atoms with E-state index in [-0.39, 0.29) is 11.9 Å². The fourth-order valence-corrected chi connectivity index (χ4v) is 3.99. The standard InChI is InChI=1S/C23H29NO4/c1-3-27-22(26)23(12-7-10-19-8-5-4-6-9-19)13-15-24(16-14-23)21(25)20-18(2)11-17-28-20/h4-6,8-9,11,17H,3,7,10,12-16H2,1-2H3. The molecule has 2 heterocycles. The molecule has 1 amide bonds. The Labute approximate surface area is 166 Å². The lowest BCUT2D eigenvalue weighted by molar-refractivity contribution is -0.159. The predicted molar refractivity (Wildman–Crippen MR) is 107 cm³/mol. The minimum absolute atomic E-state index is 0.0933. The van der Waals surface area contributed by atoms with Gasteiger partial charge in [-0.3, -0.25) is 9.59 Å². The summed E-state index contributed by atoms with van der Waals surface area (Å²) in [5.41, 5.74) is 1.62. The van der Waals surface area contributed by atoms with E-state index in [1.165, 1.54) is 5.56 Å². The number of hydrogen-bond donors (Lipinski definition) is 0. The number of carbonyl (C=O) groups is 2. The topological polar surface area (TPSA) is 59.8 Å². The van der Waals surface area contributed by atoms with Crippen LogP contribution >= 0.6 is 0 Å².